The number of methoxy groups -OCH3 is 1. The number of carbonyl (C=O) groups excluding carboxylic acids is 1. The molecule has 0 spiro atoms. The molecule has 13 heteroatoms. The van der Waals surface area contributed by atoms with Crippen LogP contribution < -0.4 is 4.74 Å². The zero-order valence-electron chi connectivity index (χ0n) is 11.8. The van der Waals surface area contributed by atoms with Gasteiger partial charge in [-0.25, -0.2) is 8.42 Å². The Morgan fingerprint density at radius 1 is 1.48 bits per heavy atom. The summed E-state index contributed by atoms with van der Waals surface area (Å²) < 4.78 is 42.5. The average molecular weight is 349 g/mol. The van der Waals surface area contributed by atoms with E-state index in [4.69, 9.17) is 32.4 Å². The van der Waals surface area contributed by atoms with E-state index in [0.717, 1.165) is 0 Å². The number of carbonyl (C=O) groups is 1. The van der Waals surface area contributed by atoms with E-state index in [-0.39, 0.29) is 23.6 Å². The first-order valence-electron chi connectivity index (χ1n) is 5.52. The van der Waals surface area contributed by atoms with Crippen LogP contribution in [0.25, 0.3) is 4.98 Å². The number of nitro benzene ring substituents is 1. The Morgan fingerprint density at radius 3 is 2.35 bits per heavy atom. The van der Waals surface area contributed by atoms with Crippen molar-refractivity contribution in [1.82, 2.24) is 0 Å². The van der Waals surface area contributed by atoms with Crippen LogP contribution in [-0.4, -0.2) is 35.5 Å². The van der Waals surface area contributed by atoms with Crippen molar-refractivity contribution in [2.45, 2.75) is 13.5 Å². The zero-order valence-corrected chi connectivity index (χ0v) is 12.6. The summed E-state index contributed by atoms with van der Waals surface area (Å²) in [7, 11) is -3.59. The molecule has 0 aliphatic rings. The molecule has 0 aliphatic carbocycles. The van der Waals surface area contributed by atoms with Crippen molar-refractivity contribution >= 4 is 27.7 Å². The topological polar surface area (TPSA) is 184 Å². The third kappa shape index (κ3) is 7.66. The van der Waals surface area contributed by atoms with E-state index in [1.165, 1.54) is 26.2 Å². The minimum Gasteiger partial charge on any atom is -0.726 e. The number of hydrogen-bond acceptors (Lipinski definition) is 9. The van der Waals surface area contributed by atoms with Gasteiger partial charge in [0.05, 0.1) is 12.0 Å². The smallest absolute Gasteiger partial charge is 0.461 e. The standard InChI is InChI=1S/C10H10N3O5.H2O4S/c1-6(14)18-5-7-9(17-2)4-3-8(12-11)10(7)13(15)16;1-5(2,3)4/h3-4H,5H2,1-2H3;(H2,1,2,3,4)/q+1;/p-1. The van der Waals surface area contributed by atoms with Crippen molar-refractivity contribution < 1.29 is 36.7 Å². The first-order chi connectivity index (χ1) is 10.5. The molecule has 0 atom stereocenters. The summed E-state index contributed by atoms with van der Waals surface area (Å²) >= 11 is 0. The minimum atomic E-state index is -4.92. The Bertz CT molecular complexity index is 731. The van der Waals surface area contributed by atoms with Crippen LogP contribution >= 0.6 is 0 Å². The number of hydrogen-bond donors (Lipinski definition) is 1. The fraction of sp³-hybridized carbons (Fsp3) is 0.300. The van der Waals surface area contributed by atoms with Crippen molar-refractivity contribution in [2.75, 3.05) is 7.11 Å². The maximum Gasteiger partial charge on any atom is 0.461 e. The summed E-state index contributed by atoms with van der Waals surface area (Å²) in [5, 5.41) is 19.7. The molecule has 0 bridgehead atoms. The normalized spacial score (nSPS) is 9.87. The summed E-state index contributed by atoms with van der Waals surface area (Å²) in [5.41, 5.74) is -0.658. The maximum absolute atomic E-state index is 11.0. The van der Waals surface area contributed by atoms with Gasteiger partial charge in [-0.05, 0) is 6.07 Å². The number of rotatable bonds is 4. The lowest BCUT2D eigenvalue weighted by molar-refractivity contribution is -0.384. The molecule has 1 aromatic rings. The Balaban J connectivity index is 0.000000841. The quantitative estimate of drug-likeness (QED) is 0.206. The van der Waals surface area contributed by atoms with Gasteiger partial charge in [-0.3, -0.25) is 19.5 Å². The van der Waals surface area contributed by atoms with E-state index in [1.807, 2.05) is 0 Å². The molecule has 0 heterocycles. The highest BCUT2D eigenvalue weighted by Crippen LogP contribution is 2.37. The molecule has 0 unspecified atom stereocenters. The van der Waals surface area contributed by atoms with Crippen LogP contribution in [0.2, 0.25) is 0 Å². The van der Waals surface area contributed by atoms with E-state index < -0.39 is 27.0 Å². The van der Waals surface area contributed by atoms with Crippen LogP contribution in [0.3, 0.4) is 0 Å². The summed E-state index contributed by atoms with van der Waals surface area (Å²) in [5.74, 6) is -0.409. The van der Waals surface area contributed by atoms with Crippen molar-refractivity contribution in [2.24, 2.45) is 0 Å². The zero-order chi connectivity index (χ0) is 18.2. The van der Waals surface area contributed by atoms with Gasteiger partial charge in [-0.2, -0.15) is 0 Å². The van der Waals surface area contributed by atoms with Crippen LogP contribution in [0.4, 0.5) is 11.4 Å². The lowest BCUT2D eigenvalue weighted by atomic mass is 10.1. The van der Waals surface area contributed by atoms with E-state index in [0.29, 0.717) is 0 Å². The van der Waals surface area contributed by atoms with E-state index in [9.17, 15) is 14.9 Å². The van der Waals surface area contributed by atoms with Gasteiger partial charge in [-0.1, -0.05) is 0 Å². The first kappa shape index (κ1) is 20.2. The molecule has 0 amide bonds. The van der Waals surface area contributed by atoms with Crippen molar-refractivity contribution in [3.63, 3.8) is 0 Å². The van der Waals surface area contributed by atoms with Gasteiger partial charge in [0.2, 0.25) is 15.8 Å². The average Bonchev–Trinajstić information content (AvgIpc) is 2.41. The van der Waals surface area contributed by atoms with Crippen molar-refractivity contribution in [3.8, 4) is 5.75 Å². The number of benzene rings is 1. The highest BCUT2D eigenvalue weighted by atomic mass is 32.3. The van der Waals surface area contributed by atoms with Crippen molar-refractivity contribution in [3.05, 3.63) is 32.8 Å². The molecule has 23 heavy (non-hydrogen) atoms. The summed E-state index contributed by atoms with van der Waals surface area (Å²) in [4.78, 5) is 23.8. The highest BCUT2D eigenvalue weighted by Gasteiger charge is 2.32. The first-order valence-corrected chi connectivity index (χ1v) is 6.88. The molecule has 0 aliphatic heterocycles. The van der Waals surface area contributed by atoms with Gasteiger partial charge in [-0.15, -0.1) is 0 Å². The van der Waals surface area contributed by atoms with Crippen LogP contribution in [0, 0.1) is 15.5 Å². The molecule has 0 saturated heterocycles. The molecule has 0 saturated carbocycles. The number of nitro groups is 1. The second kappa shape index (κ2) is 8.58. The fourth-order valence-corrected chi connectivity index (χ4v) is 1.39. The van der Waals surface area contributed by atoms with Gasteiger partial charge >= 0.3 is 17.3 Å². The Kier molecular flexibility index (Phi) is 7.53. The van der Waals surface area contributed by atoms with Crippen LogP contribution in [0.1, 0.15) is 12.5 Å². The third-order valence-corrected chi connectivity index (χ3v) is 2.15. The van der Waals surface area contributed by atoms with E-state index in [1.54, 1.807) is 0 Å². The molecule has 1 rings (SSSR count). The monoisotopic (exact) mass is 349 g/mol. The van der Waals surface area contributed by atoms with Crippen LogP contribution in [0.15, 0.2) is 12.1 Å². The SMILES string of the molecule is COc1ccc([N+]#N)c([N+](=O)[O-])c1COC(C)=O.O=S(=O)([O-])O. The predicted molar refractivity (Wildman–Crippen MR) is 72.2 cm³/mol. The lowest BCUT2D eigenvalue weighted by Crippen LogP contribution is -2.04. The third-order valence-electron chi connectivity index (χ3n) is 2.15. The summed E-state index contributed by atoms with van der Waals surface area (Å²) in [6.07, 6.45) is 0. The molecule has 12 nitrogen and oxygen atoms in total. The second-order valence-electron chi connectivity index (χ2n) is 3.68. The number of esters is 1. The molecule has 1 aromatic carbocycles. The van der Waals surface area contributed by atoms with Gasteiger partial charge in [0.25, 0.3) is 0 Å². The molecular formula is C10H11N3O9S. The predicted octanol–water partition coefficient (Wildman–Crippen LogP) is 1.16. The molecule has 0 radical (unpaired) electrons. The van der Waals surface area contributed by atoms with E-state index >= 15 is 0 Å². The second-order valence-corrected chi connectivity index (χ2v) is 4.53. The number of ether oxygens (including phenoxy) is 2. The Hall–Kier alpha value is -2.82. The fourth-order valence-electron chi connectivity index (χ4n) is 1.39. The number of diazo groups is 1. The van der Waals surface area contributed by atoms with Crippen molar-refractivity contribution in [1.29, 1.82) is 5.39 Å². The molecular weight excluding hydrogens is 338 g/mol. The Morgan fingerprint density at radius 2 is 2.00 bits per heavy atom. The maximum atomic E-state index is 11.0. The summed E-state index contributed by atoms with van der Waals surface area (Å²) in [6, 6.07) is 2.62. The van der Waals surface area contributed by atoms with Gasteiger partial charge in [0.15, 0.2) is 4.98 Å². The number of nitrogens with zero attached hydrogens (tertiary/aromatic N) is 3. The van der Waals surface area contributed by atoms with Gasteiger partial charge in [0.1, 0.15) is 17.9 Å². The minimum absolute atomic E-state index is 0.0352. The molecule has 1 N–H and O–H groups in total. The van der Waals surface area contributed by atoms with E-state index in [2.05, 4.69) is 4.98 Å². The summed E-state index contributed by atoms with van der Waals surface area (Å²) in [6.45, 7) is 0.844. The van der Waals surface area contributed by atoms with Crippen LogP contribution in [0.5, 0.6) is 5.75 Å². The Labute approximate surface area is 130 Å². The molecule has 0 fully saturated rings. The lowest BCUT2D eigenvalue weighted by Gasteiger charge is -2.07. The van der Waals surface area contributed by atoms with Crippen LogP contribution in [-0.2, 0) is 26.5 Å². The highest BCUT2D eigenvalue weighted by molar-refractivity contribution is 7.79. The van der Waals surface area contributed by atoms with Gasteiger partial charge in [0, 0.05) is 13.0 Å². The molecule has 0 aromatic heterocycles. The molecule has 126 valence electrons. The largest absolute Gasteiger partial charge is 0.726 e. The van der Waals surface area contributed by atoms with Gasteiger partial charge < -0.3 is 14.0 Å².